The van der Waals surface area contributed by atoms with Crippen LogP contribution >= 0.6 is 0 Å². The number of hydrogen-bond acceptors (Lipinski definition) is 2. The van der Waals surface area contributed by atoms with Gasteiger partial charge in [-0.2, -0.15) is 0 Å². The molecule has 0 aliphatic rings. The van der Waals surface area contributed by atoms with Gasteiger partial charge in [0.25, 0.3) is 0 Å². The van der Waals surface area contributed by atoms with E-state index >= 15 is 0 Å². The third-order valence-corrected chi connectivity index (χ3v) is 8.42. The van der Waals surface area contributed by atoms with Gasteiger partial charge in [0.15, 0.2) is 8.32 Å². The van der Waals surface area contributed by atoms with Gasteiger partial charge >= 0.3 is 5.97 Å². The van der Waals surface area contributed by atoms with Crippen LogP contribution in [0.5, 0.6) is 0 Å². The number of aliphatic carboxylic acids is 1. The first-order valence-electron chi connectivity index (χ1n) is 6.57. The molecule has 1 atom stereocenters. The van der Waals surface area contributed by atoms with E-state index in [9.17, 15) is 9.90 Å². The standard InChI is InChI=1S/C15H24O3Si/c1-15(2,3)19(4,5)18-11-13(14(16)17)12-9-7-6-8-10-12/h6-10,13H,11H2,1-5H3,(H,16,17). The van der Waals surface area contributed by atoms with Crippen molar-refractivity contribution in [3.05, 3.63) is 35.9 Å². The van der Waals surface area contributed by atoms with E-state index in [0.29, 0.717) is 0 Å². The van der Waals surface area contributed by atoms with Gasteiger partial charge in [0, 0.05) is 0 Å². The molecule has 0 fully saturated rings. The van der Waals surface area contributed by atoms with Gasteiger partial charge in [-0.15, -0.1) is 0 Å². The van der Waals surface area contributed by atoms with E-state index in [1.165, 1.54) is 0 Å². The minimum Gasteiger partial charge on any atom is -0.481 e. The van der Waals surface area contributed by atoms with Crippen LogP contribution in [0.1, 0.15) is 32.3 Å². The maximum absolute atomic E-state index is 11.4. The first kappa shape index (κ1) is 15.9. The second-order valence-electron chi connectivity index (χ2n) is 6.37. The van der Waals surface area contributed by atoms with Crippen molar-refractivity contribution in [2.45, 2.75) is 44.8 Å². The molecule has 3 nitrogen and oxygen atoms in total. The SMILES string of the molecule is CC(C)(C)[Si](C)(C)OCC(C(=O)O)c1ccccc1. The van der Waals surface area contributed by atoms with E-state index in [0.717, 1.165) is 5.56 Å². The lowest BCUT2D eigenvalue weighted by Crippen LogP contribution is -2.42. The Balaban J connectivity index is 2.80. The highest BCUT2D eigenvalue weighted by Gasteiger charge is 2.38. The Kier molecular flexibility index (Phi) is 4.93. The molecule has 0 aromatic heterocycles. The average molecular weight is 280 g/mol. The summed E-state index contributed by atoms with van der Waals surface area (Å²) >= 11 is 0. The van der Waals surface area contributed by atoms with Crippen molar-refractivity contribution in [2.24, 2.45) is 0 Å². The summed E-state index contributed by atoms with van der Waals surface area (Å²) < 4.78 is 6.03. The quantitative estimate of drug-likeness (QED) is 0.833. The van der Waals surface area contributed by atoms with E-state index in [1.54, 1.807) is 0 Å². The summed E-state index contributed by atoms with van der Waals surface area (Å²) in [5, 5.41) is 9.45. The fourth-order valence-corrected chi connectivity index (χ4v) is 2.52. The molecule has 0 aliphatic carbocycles. The lowest BCUT2D eigenvalue weighted by atomic mass is 10.0. The van der Waals surface area contributed by atoms with Crippen LogP contribution in [0.4, 0.5) is 0 Å². The summed E-state index contributed by atoms with van der Waals surface area (Å²) in [6, 6.07) is 9.29. The zero-order chi connectivity index (χ0) is 14.7. The number of carboxylic acid groups (broad SMARTS) is 1. The minimum absolute atomic E-state index is 0.0900. The fraction of sp³-hybridized carbons (Fsp3) is 0.533. The molecule has 1 aromatic rings. The van der Waals surface area contributed by atoms with Gasteiger partial charge in [-0.1, -0.05) is 51.1 Å². The predicted octanol–water partition coefficient (Wildman–Crippen LogP) is 3.88. The molecule has 1 rings (SSSR count). The van der Waals surface area contributed by atoms with Crippen molar-refractivity contribution in [1.82, 2.24) is 0 Å². The summed E-state index contributed by atoms with van der Waals surface area (Å²) in [5.41, 5.74) is 0.800. The van der Waals surface area contributed by atoms with Gasteiger partial charge in [0.2, 0.25) is 0 Å². The average Bonchev–Trinajstić information content (AvgIpc) is 2.28. The molecule has 4 heteroatoms. The molecule has 1 unspecified atom stereocenters. The Morgan fingerprint density at radius 1 is 1.26 bits per heavy atom. The van der Waals surface area contributed by atoms with E-state index < -0.39 is 20.2 Å². The monoisotopic (exact) mass is 280 g/mol. The predicted molar refractivity (Wildman–Crippen MR) is 80.0 cm³/mol. The normalized spacial score (nSPS) is 14.2. The molecule has 0 aliphatic heterocycles. The number of carbonyl (C=O) groups is 1. The van der Waals surface area contributed by atoms with Gasteiger partial charge in [0.05, 0.1) is 6.61 Å². The van der Waals surface area contributed by atoms with Crippen molar-refractivity contribution < 1.29 is 14.3 Å². The number of benzene rings is 1. The topological polar surface area (TPSA) is 46.5 Å². The van der Waals surface area contributed by atoms with Crippen LogP contribution in [-0.2, 0) is 9.22 Å². The van der Waals surface area contributed by atoms with Crippen molar-refractivity contribution in [2.75, 3.05) is 6.61 Å². The van der Waals surface area contributed by atoms with Crippen molar-refractivity contribution in [3.63, 3.8) is 0 Å². The summed E-state index contributed by atoms with van der Waals surface area (Å²) in [4.78, 5) is 11.4. The zero-order valence-electron chi connectivity index (χ0n) is 12.4. The lowest BCUT2D eigenvalue weighted by Gasteiger charge is -2.36. The van der Waals surface area contributed by atoms with Gasteiger partial charge < -0.3 is 9.53 Å². The molecular formula is C15H24O3Si. The first-order valence-corrected chi connectivity index (χ1v) is 9.48. The number of carboxylic acids is 1. The van der Waals surface area contributed by atoms with Gasteiger partial charge in [-0.05, 0) is 23.7 Å². The Labute approximate surface area is 116 Å². The van der Waals surface area contributed by atoms with E-state index in [4.69, 9.17) is 4.43 Å². The molecule has 0 bridgehead atoms. The van der Waals surface area contributed by atoms with Crippen LogP contribution < -0.4 is 0 Å². The smallest absolute Gasteiger partial charge is 0.313 e. The maximum atomic E-state index is 11.4. The third kappa shape index (κ3) is 4.18. The molecule has 19 heavy (non-hydrogen) atoms. The fourth-order valence-electron chi connectivity index (χ4n) is 1.50. The van der Waals surface area contributed by atoms with Crippen LogP contribution in [0.2, 0.25) is 18.1 Å². The van der Waals surface area contributed by atoms with E-state index in [2.05, 4.69) is 33.9 Å². The Morgan fingerprint density at radius 3 is 2.21 bits per heavy atom. The zero-order valence-corrected chi connectivity index (χ0v) is 13.4. The number of hydrogen-bond donors (Lipinski definition) is 1. The Bertz CT molecular complexity index is 421. The molecule has 0 saturated heterocycles. The largest absolute Gasteiger partial charge is 0.481 e. The van der Waals surface area contributed by atoms with Crippen molar-refractivity contribution >= 4 is 14.3 Å². The molecular weight excluding hydrogens is 256 g/mol. The van der Waals surface area contributed by atoms with Crippen LogP contribution in [0, 0.1) is 0 Å². The van der Waals surface area contributed by atoms with Crippen LogP contribution in [-0.4, -0.2) is 26.0 Å². The summed E-state index contributed by atoms with van der Waals surface area (Å²) in [7, 11) is -1.91. The molecule has 0 heterocycles. The van der Waals surface area contributed by atoms with Gasteiger partial charge in [-0.3, -0.25) is 4.79 Å². The van der Waals surface area contributed by atoms with E-state index in [1.807, 2.05) is 30.3 Å². The number of rotatable bonds is 5. The summed E-state index contributed by atoms with van der Waals surface area (Å²) in [5.74, 6) is -1.42. The lowest BCUT2D eigenvalue weighted by molar-refractivity contribution is -0.139. The highest BCUT2D eigenvalue weighted by atomic mass is 28.4. The Hall–Kier alpha value is -1.13. The van der Waals surface area contributed by atoms with Crippen LogP contribution in [0.15, 0.2) is 30.3 Å². The first-order chi connectivity index (χ1) is 8.65. The molecule has 1 N–H and O–H groups in total. The highest BCUT2D eigenvalue weighted by molar-refractivity contribution is 6.74. The maximum Gasteiger partial charge on any atom is 0.313 e. The van der Waals surface area contributed by atoms with E-state index in [-0.39, 0.29) is 11.6 Å². The molecule has 0 radical (unpaired) electrons. The molecule has 0 amide bonds. The van der Waals surface area contributed by atoms with Crippen LogP contribution in [0.3, 0.4) is 0 Å². The second-order valence-corrected chi connectivity index (χ2v) is 11.2. The van der Waals surface area contributed by atoms with Gasteiger partial charge in [0.1, 0.15) is 5.92 Å². The molecule has 1 aromatic carbocycles. The van der Waals surface area contributed by atoms with Crippen molar-refractivity contribution in [3.8, 4) is 0 Å². The highest BCUT2D eigenvalue weighted by Crippen LogP contribution is 2.37. The minimum atomic E-state index is -1.91. The molecule has 106 valence electrons. The molecule has 0 saturated carbocycles. The van der Waals surface area contributed by atoms with Crippen LogP contribution in [0.25, 0.3) is 0 Å². The van der Waals surface area contributed by atoms with Gasteiger partial charge in [-0.25, -0.2) is 0 Å². The second kappa shape index (κ2) is 5.88. The van der Waals surface area contributed by atoms with Crippen molar-refractivity contribution in [1.29, 1.82) is 0 Å². The molecule has 0 spiro atoms. The third-order valence-electron chi connectivity index (χ3n) is 3.92. The summed E-state index contributed by atoms with van der Waals surface area (Å²) in [6.07, 6.45) is 0. The summed E-state index contributed by atoms with van der Waals surface area (Å²) in [6.45, 7) is 11.0. The Morgan fingerprint density at radius 2 is 1.79 bits per heavy atom.